The Labute approximate surface area is 136 Å². The third-order valence-corrected chi connectivity index (χ3v) is 4.09. The van der Waals surface area contributed by atoms with Crippen molar-refractivity contribution in [2.24, 2.45) is 0 Å². The Kier molecular flexibility index (Phi) is 3.27. The van der Waals surface area contributed by atoms with Crippen molar-refractivity contribution in [3.05, 3.63) is 66.2 Å². The van der Waals surface area contributed by atoms with Crippen LogP contribution >= 0.6 is 0 Å². The minimum atomic E-state index is -0.384. The lowest BCUT2D eigenvalue weighted by Crippen LogP contribution is -2.00. The SMILES string of the molecule is COC(=O)c1ccc2c(cnc3[nH]cc(-c4ccc(F)cc4)c32)c1. The lowest BCUT2D eigenvalue weighted by atomic mass is 10.0. The molecule has 4 nitrogen and oxygen atoms in total. The van der Waals surface area contributed by atoms with Crippen LogP contribution in [-0.4, -0.2) is 23.0 Å². The molecule has 0 saturated heterocycles. The summed E-state index contributed by atoms with van der Waals surface area (Å²) >= 11 is 0. The summed E-state index contributed by atoms with van der Waals surface area (Å²) in [5.74, 6) is -0.658. The number of nitrogens with one attached hydrogen (secondary N) is 1. The van der Waals surface area contributed by atoms with Gasteiger partial charge in [0.1, 0.15) is 11.5 Å². The summed E-state index contributed by atoms with van der Waals surface area (Å²) in [6.07, 6.45) is 3.58. The number of fused-ring (bicyclic) bond motifs is 3. The molecule has 0 aliphatic carbocycles. The molecular weight excluding hydrogens is 307 g/mol. The van der Waals surface area contributed by atoms with Crippen LogP contribution in [0.25, 0.3) is 32.9 Å². The van der Waals surface area contributed by atoms with Crippen molar-refractivity contribution in [3.8, 4) is 11.1 Å². The van der Waals surface area contributed by atoms with Gasteiger partial charge in [0.05, 0.1) is 12.7 Å². The molecule has 24 heavy (non-hydrogen) atoms. The van der Waals surface area contributed by atoms with E-state index in [0.29, 0.717) is 5.56 Å². The quantitative estimate of drug-likeness (QED) is 0.560. The molecular formula is C19H13FN2O2. The second kappa shape index (κ2) is 5.45. The Morgan fingerprint density at radius 3 is 2.71 bits per heavy atom. The third kappa shape index (κ3) is 2.22. The van der Waals surface area contributed by atoms with Crippen molar-refractivity contribution in [3.63, 3.8) is 0 Å². The molecule has 5 heteroatoms. The van der Waals surface area contributed by atoms with Crippen molar-refractivity contribution >= 4 is 27.8 Å². The van der Waals surface area contributed by atoms with Crippen LogP contribution < -0.4 is 0 Å². The Bertz CT molecular complexity index is 1070. The van der Waals surface area contributed by atoms with Gasteiger partial charge in [0, 0.05) is 28.7 Å². The zero-order valence-corrected chi connectivity index (χ0v) is 12.8. The summed E-state index contributed by atoms with van der Waals surface area (Å²) in [5.41, 5.74) is 3.06. The number of hydrogen-bond donors (Lipinski definition) is 1. The number of hydrogen-bond acceptors (Lipinski definition) is 3. The van der Waals surface area contributed by atoms with E-state index in [1.807, 2.05) is 12.3 Å². The molecule has 2 aromatic heterocycles. The highest BCUT2D eigenvalue weighted by molar-refractivity contribution is 6.13. The first-order chi connectivity index (χ1) is 11.7. The molecule has 0 saturated carbocycles. The Morgan fingerprint density at radius 2 is 1.96 bits per heavy atom. The van der Waals surface area contributed by atoms with Crippen LogP contribution in [0.1, 0.15) is 10.4 Å². The van der Waals surface area contributed by atoms with E-state index in [-0.39, 0.29) is 11.8 Å². The van der Waals surface area contributed by atoms with Crippen molar-refractivity contribution < 1.29 is 13.9 Å². The zero-order chi connectivity index (χ0) is 16.7. The summed E-state index contributed by atoms with van der Waals surface area (Å²) in [4.78, 5) is 19.3. The van der Waals surface area contributed by atoms with Crippen LogP contribution in [0.3, 0.4) is 0 Å². The van der Waals surface area contributed by atoms with E-state index in [0.717, 1.165) is 32.9 Å². The third-order valence-electron chi connectivity index (χ3n) is 4.09. The topological polar surface area (TPSA) is 55.0 Å². The van der Waals surface area contributed by atoms with Gasteiger partial charge in [-0.05, 0) is 35.2 Å². The maximum atomic E-state index is 13.2. The van der Waals surface area contributed by atoms with Crippen molar-refractivity contribution in [2.75, 3.05) is 7.11 Å². The molecule has 2 heterocycles. The zero-order valence-electron chi connectivity index (χ0n) is 12.8. The number of carbonyl (C=O) groups is 1. The number of H-pyrrole nitrogens is 1. The molecule has 0 bridgehead atoms. The molecule has 1 N–H and O–H groups in total. The highest BCUT2D eigenvalue weighted by Gasteiger charge is 2.13. The molecule has 0 fully saturated rings. The van der Waals surface area contributed by atoms with E-state index >= 15 is 0 Å². The highest BCUT2D eigenvalue weighted by Crippen LogP contribution is 2.33. The first-order valence-electron chi connectivity index (χ1n) is 7.41. The first kappa shape index (κ1) is 14.4. The first-order valence-corrected chi connectivity index (χ1v) is 7.41. The monoisotopic (exact) mass is 320 g/mol. The number of benzene rings is 2. The number of methoxy groups -OCH3 is 1. The van der Waals surface area contributed by atoms with E-state index in [1.165, 1.54) is 19.2 Å². The summed E-state index contributed by atoms with van der Waals surface area (Å²) in [6.45, 7) is 0. The van der Waals surface area contributed by atoms with Crippen LogP contribution in [0.5, 0.6) is 0 Å². The number of esters is 1. The second-order valence-electron chi connectivity index (χ2n) is 5.48. The van der Waals surface area contributed by atoms with E-state index in [9.17, 15) is 9.18 Å². The number of pyridine rings is 1. The normalized spacial score (nSPS) is 11.1. The minimum Gasteiger partial charge on any atom is -0.465 e. The molecule has 2 aromatic carbocycles. The van der Waals surface area contributed by atoms with Crippen molar-refractivity contribution in [2.45, 2.75) is 0 Å². The number of rotatable bonds is 2. The standard InChI is InChI=1S/C19H13FN2O2/c1-24-19(23)12-4-7-15-13(8-12)9-21-18-17(15)16(10-22-18)11-2-5-14(20)6-3-11/h2-10H,1H3,(H,21,22). The van der Waals surface area contributed by atoms with Gasteiger partial charge < -0.3 is 9.72 Å². The fourth-order valence-corrected chi connectivity index (χ4v) is 2.92. The van der Waals surface area contributed by atoms with Crippen LogP contribution in [0, 0.1) is 5.82 Å². The molecule has 0 unspecified atom stereocenters. The number of ether oxygens (including phenoxy) is 1. The fourth-order valence-electron chi connectivity index (χ4n) is 2.92. The summed E-state index contributed by atoms with van der Waals surface area (Å²) in [5, 5.41) is 2.75. The van der Waals surface area contributed by atoms with E-state index in [2.05, 4.69) is 9.97 Å². The predicted octanol–water partition coefficient (Wildman–Crippen LogP) is 4.31. The maximum Gasteiger partial charge on any atom is 0.337 e. The van der Waals surface area contributed by atoms with Gasteiger partial charge in [0.2, 0.25) is 0 Å². The maximum absolute atomic E-state index is 13.2. The molecule has 0 aliphatic rings. The molecule has 0 radical (unpaired) electrons. The van der Waals surface area contributed by atoms with Gasteiger partial charge >= 0.3 is 5.97 Å². The number of nitrogens with zero attached hydrogens (tertiary/aromatic N) is 1. The van der Waals surface area contributed by atoms with Gasteiger partial charge in [-0.2, -0.15) is 0 Å². The predicted molar refractivity (Wildman–Crippen MR) is 90.3 cm³/mol. The Hall–Kier alpha value is -3.21. The second-order valence-corrected chi connectivity index (χ2v) is 5.48. The van der Waals surface area contributed by atoms with Gasteiger partial charge in [-0.3, -0.25) is 0 Å². The molecule has 4 rings (SSSR count). The number of aromatic nitrogens is 2. The van der Waals surface area contributed by atoms with Gasteiger partial charge in [-0.1, -0.05) is 18.2 Å². The van der Waals surface area contributed by atoms with Gasteiger partial charge in [0.25, 0.3) is 0 Å². The molecule has 4 aromatic rings. The van der Waals surface area contributed by atoms with Crippen LogP contribution in [0.2, 0.25) is 0 Å². The Balaban J connectivity index is 1.98. The highest BCUT2D eigenvalue weighted by atomic mass is 19.1. The van der Waals surface area contributed by atoms with Gasteiger partial charge in [-0.15, -0.1) is 0 Å². The molecule has 0 aliphatic heterocycles. The van der Waals surface area contributed by atoms with Crippen molar-refractivity contribution in [1.82, 2.24) is 9.97 Å². The van der Waals surface area contributed by atoms with E-state index in [1.54, 1.807) is 30.5 Å². The average Bonchev–Trinajstić information content (AvgIpc) is 3.05. The van der Waals surface area contributed by atoms with Crippen LogP contribution in [0.4, 0.5) is 4.39 Å². The lowest BCUT2D eigenvalue weighted by molar-refractivity contribution is 0.0601. The summed E-state index contributed by atoms with van der Waals surface area (Å²) in [7, 11) is 1.35. The van der Waals surface area contributed by atoms with Gasteiger partial charge in [0.15, 0.2) is 0 Å². The van der Waals surface area contributed by atoms with Gasteiger partial charge in [-0.25, -0.2) is 14.2 Å². The van der Waals surface area contributed by atoms with Crippen molar-refractivity contribution in [1.29, 1.82) is 0 Å². The summed E-state index contributed by atoms with van der Waals surface area (Å²) < 4.78 is 17.9. The molecule has 118 valence electrons. The number of halogens is 1. The van der Waals surface area contributed by atoms with Crippen LogP contribution in [-0.2, 0) is 4.74 Å². The molecule has 0 atom stereocenters. The number of carbonyl (C=O) groups excluding carboxylic acids is 1. The fraction of sp³-hybridized carbons (Fsp3) is 0.0526. The van der Waals surface area contributed by atoms with Crippen LogP contribution in [0.15, 0.2) is 54.9 Å². The number of aromatic amines is 1. The Morgan fingerprint density at radius 1 is 1.17 bits per heavy atom. The molecule has 0 amide bonds. The van der Waals surface area contributed by atoms with E-state index in [4.69, 9.17) is 4.74 Å². The molecule has 0 spiro atoms. The smallest absolute Gasteiger partial charge is 0.337 e. The largest absolute Gasteiger partial charge is 0.465 e. The lowest BCUT2D eigenvalue weighted by Gasteiger charge is -2.05. The summed E-state index contributed by atoms with van der Waals surface area (Å²) in [6, 6.07) is 11.7. The van der Waals surface area contributed by atoms with E-state index < -0.39 is 0 Å². The minimum absolute atomic E-state index is 0.274. The average molecular weight is 320 g/mol.